The molecule has 0 saturated heterocycles. The number of pyridine rings is 1. The number of rotatable bonds is 3. The fourth-order valence-corrected chi connectivity index (χ4v) is 2.47. The molecule has 1 saturated carbocycles. The molecule has 0 aromatic carbocycles. The van der Waals surface area contributed by atoms with Crippen LogP contribution in [0.5, 0.6) is 0 Å². The third-order valence-corrected chi connectivity index (χ3v) is 3.38. The molecule has 17 heavy (non-hydrogen) atoms. The van der Waals surface area contributed by atoms with Gasteiger partial charge in [-0.1, -0.05) is 13.8 Å². The number of hydrogen-bond donors (Lipinski definition) is 2. The van der Waals surface area contributed by atoms with Crippen LogP contribution in [0.4, 0.5) is 5.69 Å². The standard InChI is InChI=1S/C13H18N2O2/c1-13(2)5-3-9(7-13)15-11-4-6-14-8-10(11)12(16)17/h4,6,8-9H,3,5,7H2,1-2H3,(H,14,15)(H,16,17). The highest BCUT2D eigenvalue weighted by Gasteiger charge is 2.31. The number of hydrogen-bond acceptors (Lipinski definition) is 3. The molecule has 0 bridgehead atoms. The topological polar surface area (TPSA) is 62.2 Å². The van der Waals surface area contributed by atoms with E-state index >= 15 is 0 Å². The van der Waals surface area contributed by atoms with Gasteiger partial charge in [-0.25, -0.2) is 4.79 Å². The maximum Gasteiger partial charge on any atom is 0.339 e. The lowest BCUT2D eigenvalue weighted by Gasteiger charge is -2.19. The molecular formula is C13H18N2O2. The molecule has 1 aliphatic rings. The number of carboxylic acid groups (broad SMARTS) is 1. The molecule has 1 heterocycles. The Labute approximate surface area is 101 Å². The van der Waals surface area contributed by atoms with E-state index in [-0.39, 0.29) is 5.56 Å². The third-order valence-electron chi connectivity index (χ3n) is 3.38. The van der Waals surface area contributed by atoms with Crippen molar-refractivity contribution in [2.45, 2.75) is 39.2 Å². The summed E-state index contributed by atoms with van der Waals surface area (Å²) in [4.78, 5) is 14.9. The van der Waals surface area contributed by atoms with Crippen molar-refractivity contribution in [3.8, 4) is 0 Å². The van der Waals surface area contributed by atoms with E-state index < -0.39 is 5.97 Å². The van der Waals surface area contributed by atoms with Crippen LogP contribution in [0.2, 0.25) is 0 Å². The van der Waals surface area contributed by atoms with Crippen LogP contribution in [0.3, 0.4) is 0 Å². The highest BCUT2D eigenvalue weighted by molar-refractivity contribution is 5.93. The first-order chi connectivity index (χ1) is 7.98. The molecule has 2 N–H and O–H groups in total. The number of aromatic nitrogens is 1. The second-order valence-corrected chi connectivity index (χ2v) is 5.47. The Kier molecular flexibility index (Phi) is 3.05. The van der Waals surface area contributed by atoms with E-state index in [1.807, 2.05) is 0 Å². The van der Waals surface area contributed by atoms with Crippen LogP contribution in [0, 0.1) is 5.41 Å². The Morgan fingerprint density at radius 2 is 2.35 bits per heavy atom. The molecular weight excluding hydrogens is 216 g/mol. The number of aromatic carboxylic acids is 1. The molecule has 1 aromatic rings. The second kappa shape index (κ2) is 4.35. The van der Waals surface area contributed by atoms with Crippen LogP contribution in [0.15, 0.2) is 18.5 Å². The normalized spacial score (nSPS) is 22.4. The summed E-state index contributed by atoms with van der Waals surface area (Å²) in [7, 11) is 0. The molecule has 1 fully saturated rings. The fourth-order valence-electron chi connectivity index (χ4n) is 2.47. The minimum Gasteiger partial charge on any atom is -0.478 e. The Morgan fingerprint density at radius 3 is 2.94 bits per heavy atom. The molecule has 0 amide bonds. The lowest BCUT2D eigenvalue weighted by molar-refractivity contribution is 0.0697. The van der Waals surface area contributed by atoms with Gasteiger partial charge >= 0.3 is 5.97 Å². The zero-order valence-corrected chi connectivity index (χ0v) is 10.2. The van der Waals surface area contributed by atoms with E-state index in [4.69, 9.17) is 5.11 Å². The predicted octanol–water partition coefficient (Wildman–Crippen LogP) is 2.77. The molecule has 0 spiro atoms. The highest BCUT2D eigenvalue weighted by atomic mass is 16.4. The number of carbonyl (C=O) groups is 1. The second-order valence-electron chi connectivity index (χ2n) is 5.47. The van der Waals surface area contributed by atoms with E-state index in [1.165, 1.54) is 12.6 Å². The first-order valence-corrected chi connectivity index (χ1v) is 5.92. The lowest BCUT2D eigenvalue weighted by atomic mass is 9.92. The summed E-state index contributed by atoms with van der Waals surface area (Å²) in [5.41, 5.74) is 1.28. The minimum atomic E-state index is -0.933. The van der Waals surface area contributed by atoms with Gasteiger partial charge in [-0.05, 0) is 30.7 Å². The summed E-state index contributed by atoms with van der Waals surface area (Å²) in [5.74, 6) is -0.933. The molecule has 0 radical (unpaired) electrons. The maximum absolute atomic E-state index is 11.0. The van der Waals surface area contributed by atoms with Crippen molar-refractivity contribution in [1.82, 2.24) is 4.98 Å². The van der Waals surface area contributed by atoms with Crippen molar-refractivity contribution in [3.05, 3.63) is 24.0 Å². The Hall–Kier alpha value is -1.58. The molecule has 1 atom stereocenters. The van der Waals surface area contributed by atoms with Crippen LogP contribution < -0.4 is 5.32 Å². The Morgan fingerprint density at radius 1 is 1.59 bits per heavy atom. The number of anilines is 1. The van der Waals surface area contributed by atoms with Crippen LogP contribution in [-0.2, 0) is 0 Å². The molecule has 4 heteroatoms. The van der Waals surface area contributed by atoms with E-state index in [0.717, 1.165) is 12.8 Å². The van der Waals surface area contributed by atoms with Crippen molar-refractivity contribution >= 4 is 11.7 Å². The van der Waals surface area contributed by atoms with Gasteiger partial charge in [0, 0.05) is 18.4 Å². The van der Waals surface area contributed by atoms with Gasteiger partial charge in [0.25, 0.3) is 0 Å². The lowest BCUT2D eigenvalue weighted by Crippen LogP contribution is -2.19. The van der Waals surface area contributed by atoms with Crippen molar-refractivity contribution in [2.75, 3.05) is 5.32 Å². The zero-order valence-electron chi connectivity index (χ0n) is 10.2. The van der Waals surface area contributed by atoms with E-state index in [0.29, 0.717) is 17.1 Å². The predicted molar refractivity (Wildman–Crippen MR) is 66.2 cm³/mol. The van der Waals surface area contributed by atoms with Gasteiger partial charge in [-0.15, -0.1) is 0 Å². The fraction of sp³-hybridized carbons (Fsp3) is 0.538. The Bertz CT molecular complexity index is 429. The van der Waals surface area contributed by atoms with E-state index in [2.05, 4.69) is 24.1 Å². The van der Waals surface area contributed by atoms with Crippen LogP contribution in [0.1, 0.15) is 43.5 Å². The molecule has 1 aromatic heterocycles. The summed E-state index contributed by atoms with van der Waals surface area (Å²) < 4.78 is 0. The summed E-state index contributed by atoms with van der Waals surface area (Å²) in [6.07, 6.45) is 6.36. The van der Waals surface area contributed by atoms with Crippen LogP contribution in [0.25, 0.3) is 0 Å². The zero-order chi connectivity index (χ0) is 12.5. The van der Waals surface area contributed by atoms with Gasteiger partial charge in [0.15, 0.2) is 0 Å². The van der Waals surface area contributed by atoms with Crippen molar-refractivity contribution in [2.24, 2.45) is 5.41 Å². The smallest absolute Gasteiger partial charge is 0.339 e. The highest BCUT2D eigenvalue weighted by Crippen LogP contribution is 2.38. The van der Waals surface area contributed by atoms with E-state index in [1.54, 1.807) is 12.3 Å². The summed E-state index contributed by atoms with van der Waals surface area (Å²) in [6.45, 7) is 4.50. The largest absolute Gasteiger partial charge is 0.478 e. The van der Waals surface area contributed by atoms with Gasteiger partial charge in [0.05, 0.1) is 5.69 Å². The molecule has 92 valence electrons. The monoisotopic (exact) mass is 234 g/mol. The molecule has 1 aliphatic carbocycles. The molecule has 4 nitrogen and oxygen atoms in total. The average Bonchev–Trinajstić information content (AvgIpc) is 2.58. The van der Waals surface area contributed by atoms with E-state index in [9.17, 15) is 4.79 Å². The van der Waals surface area contributed by atoms with Gasteiger partial charge in [-0.2, -0.15) is 0 Å². The first kappa shape index (κ1) is 11.9. The number of carboxylic acids is 1. The third kappa shape index (κ3) is 2.75. The van der Waals surface area contributed by atoms with Gasteiger partial charge < -0.3 is 10.4 Å². The van der Waals surface area contributed by atoms with Gasteiger partial charge in [0.1, 0.15) is 5.56 Å². The first-order valence-electron chi connectivity index (χ1n) is 5.92. The van der Waals surface area contributed by atoms with Crippen molar-refractivity contribution in [3.63, 3.8) is 0 Å². The summed E-state index contributed by atoms with van der Waals surface area (Å²) in [5, 5.41) is 12.4. The molecule has 1 unspecified atom stereocenters. The minimum absolute atomic E-state index is 0.247. The van der Waals surface area contributed by atoms with Gasteiger partial charge in [-0.3, -0.25) is 4.98 Å². The van der Waals surface area contributed by atoms with Crippen LogP contribution >= 0.6 is 0 Å². The summed E-state index contributed by atoms with van der Waals surface area (Å²) >= 11 is 0. The van der Waals surface area contributed by atoms with Gasteiger partial charge in [0.2, 0.25) is 0 Å². The SMILES string of the molecule is CC1(C)CCC(Nc2ccncc2C(=O)O)C1. The Balaban J connectivity index is 2.12. The average molecular weight is 234 g/mol. The van der Waals surface area contributed by atoms with Crippen molar-refractivity contribution < 1.29 is 9.90 Å². The molecule has 0 aliphatic heterocycles. The molecule has 2 rings (SSSR count). The number of nitrogens with one attached hydrogen (secondary N) is 1. The quantitative estimate of drug-likeness (QED) is 0.844. The van der Waals surface area contributed by atoms with Crippen LogP contribution in [-0.4, -0.2) is 22.1 Å². The maximum atomic E-state index is 11.0. The number of nitrogens with zero attached hydrogens (tertiary/aromatic N) is 1. The van der Waals surface area contributed by atoms with Crippen molar-refractivity contribution in [1.29, 1.82) is 0 Å². The summed E-state index contributed by atoms with van der Waals surface area (Å²) in [6, 6.07) is 2.10.